The summed E-state index contributed by atoms with van der Waals surface area (Å²) in [5.74, 6) is -0.278. The van der Waals surface area contributed by atoms with Crippen LogP contribution in [0.4, 0.5) is 5.69 Å². The van der Waals surface area contributed by atoms with Crippen molar-refractivity contribution in [3.05, 3.63) is 65.2 Å². The zero-order valence-electron chi connectivity index (χ0n) is 16.9. The van der Waals surface area contributed by atoms with Crippen molar-refractivity contribution in [1.82, 2.24) is 4.90 Å². The maximum absolute atomic E-state index is 13.1. The molecule has 2 saturated heterocycles. The largest absolute Gasteiger partial charge is 0.465 e. The molecule has 2 atom stereocenters. The molecule has 0 radical (unpaired) electrons. The smallest absolute Gasteiger partial charge is 0.338 e. The fourth-order valence-corrected chi connectivity index (χ4v) is 5.57. The minimum absolute atomic E-state index is 0.0879. The lowest BCUT2D eigenvalue weighted by Gasteiger charge is -2.25. The zero-order valence-corrected chi connectivity index (χ0v) is 18.6. The summed E-state index contributed by atoms with van der Waals surface area (Å²) in [6, 6.07) is 13.4. The van der Waals surface area contributed by atoms with E-state index in [1.165, 1.54) is 12.0 Å². The molecule has 0 aromatic heterocycles. The monoisotopic (exact) mass is 456 g/mol. The summed E-state index contributed by atoms with van der Waals surface area (Å²) in [4.78, 5) is 40.1. The van der Waals surface area contributed by atoms with Crippen molar-refractivity contribution in [3.63, 3.8) is 0 Å². The summed E-state index contributed by atoms with van der Waals surface area (Å²) in [5.41, 5.74) is 2.45. The van der Waals surface area contributed by atoms with Crippen LogP contribution in [-0.4, -0.2) is 53.4 Å². The van der Waals surface area contributed by atoms with Crippen LogP contribution in [0.2, 0.25) is 0 Å². The SMILES string of the molecule is CCOC(=O)c1ccc(N2C(=O)[C@@H]3CS[C@H](c4ccc(C(=O)OC)cc4)N3C2=S)cc1. The Morgan fingerprint density at radius 2 is 1.68 bits per heavy atom. The Kier molecular flexibility index (Phi) is 5.97. The second-order valence-corrected chi connectivity index (χ2v) is 8.42. The van der Waals surface area contributed by atoms with Gasteiger partial charge in [0.1, 0.15) is 11.4 Å². The lowest BCUT2D eigenvalue weighted by molar-refractivity contribution is -0.119. The van der Waals surface area contributed by atoms with E-state index in [9.17, 15) is 14.4 Å². The Labute approximate surface area is 189 Å². The van der Waals surface area contributed by atoms with Crippen LogP contribution in [0.15, 0.2) is 48.5 Å². The summed E-state index contributed by atoms with van der Waals surface area (Å²) >= 11 is 7.32. The maximum Gasteiger partial charge on any atom is 0.338 e. The predicted octanol–water partition coefficient (Wildman–Crippen LogP) is 3.40. The highest BCUT2D eigenvalue weighted by molar-refractivity contribution is 7.99. The first-order valence-corrected chi connectivity index (χ1v) is 11.1. The van der Waals surface area contributed by atoms with Gasteiger partial charge in [0, 0.05) is 5.75 Å². The summed E-state index contributed by atoms with van der Waals surface area (Å²) in [6.07, 6.45) is 0. The van der Waals surface area contributed by atoms with Crippen LogP contribution in [0.5, 0.6) is 0 Å². The number of benzene rings is 2. The Morgan fingerprint density at radius 1 is 1.06 bits per heavy atom. The van der Waals surface area contributed by atoms with Gasteiger partial charge >= 0.3 is 11.9 Å². The second-order valence-electron chi connectivity index (χ2n) is 6.95. The molecule has 2 heterocycles. The number of rotatable bonds is 5. The van der Waals surface area contributed by atoms with Crippen LogP contribution in [0.3, 0.4) is 0 Å². The number of thioether (sulfide) groups is 1. The maximum atomic E-state index is 13.1. The first kappa shape index (κ1) is 21.3. The molecule has 0 saturated carbocycles. The summed E-state index contributed by atoms with van der Waals surface area (Å²) in [5, 5.41) is 0.294. The van der Waals surface area contributed by atoms with Crippen LogP contribution in [0.1, 0.15) is 38.6 Å². The van der Waals surface area contributed by atoms with Gasteiger partial charge in [-0.1, -0.05) is 12.1 Å². The number of fused-ring (bicyclic) bond motifs is 1. The summed E-state index contributed by atoms with van der Waals surface area (Å²) < 4.78 is 9.75. The van der Waals surface area contributed by atoms with Gasteiger partial charge in [0.25, 0.3) is 5.91 Å². The molecule has 0 spiro atoms. The molecule has 0 N–H and O–H groups in total. The predicted molar refractivity (Wildman–Crippen MR) is 121 cm³/mol. The normalized spacial score (nSPS) is 20.1. The van der Waals surface area contributed by atoms with Crippen molar-refractivity contribution in [3.8, 4) is 0 Å². The van der Waals surface area contributed by atoms with Gasteiger partial charge in [-0.25, -0.2) is 9.59 Å². The summed E-state index contributed by atoms with van der Waals surface area (Å²) in [7, 11) is 1.34. The third-order valence-electron chi connectivity index (χ3n) is 5.17. The van der Waals surface area contributed by atoms with E-state index in [0.717, 1.165) is 5.56 Å². The van der Waals surface area contributed by atoms with Crippen molar-refractivity contribution >= 4 is 52.6 Å². The quantitative estimate of drug-likeness (QED) is 0.501. The zero-order chi connectivity index (χ0) is 22.1. The molecule has 2 aliphatic rings. The fourth-order valence-electron chi connectivity index (χ4n) is 3.65. The number of methoxy groups -OCH3 is 1. The van der Waals surface area contributed by atoms with Gasteiger partial charge in [0.15, 0.2) is 5.11 Å². The number of hydrogen-bond acceptors (Lipinski definition) is 7. The van der Waals surface area contributed by atoms with Crippen LogP contribution in [0.25, 0.3) is 0 Å². The number of hydrogen-bond donors (Lipinski definition) is 0. The molecule has 2 fully saturated rings. The minimum Gasteiger partial charge on any atom is -0.465 e. The number of carbonyl (C=O) groups excluding carboxylic acids is 3. The number of amides is 1. The van der Waals surface area contributed by atoms with E-state index < -0.39 is 11.9 Å². The Hall–Kier alpha value is -2.91. The number of nitrogens with zero attached hydrogens (tertiary/aromatic N) is 2. The molecule has 0 aliphatic carbocycles. The molecule has 2 aromatic rings. The Balaban J connectivity index is 1.56. The van der Waals surface area contributed by atoms with Crippen LogP contribution >= 0.6 is 24.0 Å². The topological polar surface area (TPSA) is 76.1 Å². The minimum atomic E-state index is -0.406. The third-order valence-corrected chi connectivity index (χ3v) is 6.89. The molecule has 4 rings (SSSR count). The highest BCUT2D eigenvalue weighted by atomic mass is 32.2. The number of ether oxygens (including phenoxy) is 2. The van der Waals surface area contributed by atoms with Crippen molar-refractivity contribution in [2.75, 3.05) is 24.4 Å². The van der Waals surface area contributed by atoms with E-state index in [-0.39, 0.29) is 17.3 Å². The lowest BCUT2D eigenvalue weighted by atomic mass is 10.1. The van der Waals surface area contributed by atoms with Gasteiger partial charge in [-0.3, -0.25) is 9.69 Å². The fraction of sp³-hybridized carbons (Fsp3) is 0.273. The lowest BCUT2D eigenvalue weighted by Crippen LogP contribution is -2.33. The van der Waals surface area contributed by atoms with Crippen molar-refractivity contribution < 1.29 is 23.9 Å². The van der Waals surface area contributed by atoms with Gasteiger partial charge in [-0.15, -0.1) is 11.8 Å². The molecule has 160 valence electrons. The van der Waals surface area contributed by atoms with Gasteiger partial charge in [-0.05, 0) is 61.1 Å². The van der Waals surface area contributed by atoms with Crippen molar-refractivity contribution in [2.24, 2.45) is 0 Å². The molecule has 31 heavy (non-hydrogen) atoms. The number of thiocarbonyl (C=S) groups is 1. The van der Waals surface area contributed by atoms with Gasteiger partial charge in [0.05, 0.1) is 30.5 Å². The highest BCUT2D eigenvalue weighted by Gasteiger charge is 2.50. The molecular formula is C22H20N2O5S2. The molecule has 0 unspecified atom stereocenters. The van der Waals surface area contributed by atoms with E-state index in [4.69, 9.17) is 21.7 Å². The van der Waals surface area contributed by atoms with Gasteiger partial charge in [0.2, 0.25) is 0 Å². The molecular weight excluding hydrogens is 436 g/mol. The standard InChI is InChI=1S/C22H20N2O5S2/c1-3-29-21(27)15-8-10-16(11-9-15)23-18(25)17-12-31-19(24(17)22(23)30)13-4-6-14(7-5-13)20(26)28-2/h4-11,17,19H,3,12H2,1-2H3/t17-,19+/m0/s1. The van der Waals surface area contributed by atoms with Crippen LogP contribution in [-0.2, 0) is 14.3 Å². The molecule has 0 bridgehead atoms. The van der Waals surface area contributed by atoms with E-state index in [2.05, 4.69) is 0 Å². The van der Waals surface area contributed by atoms with Gasteiger partial charge in [-0.2, -0.15) is 0 Å². The second kappa shape index (κ2) is 8.68. The van der Waals surface area contributed by atoms with Crippen molar-refractivity contribution in [2.45, 2.75) is 18.3 Å². The first-order chi connectivity index (χ1) is 15.0. The van der Waals surface area contributed by atoms with E-state index >= 15 is 0 Å². The first-order valence-electron chi connectivity index (χ1n) is 9.69. The number of anilines is 1. The van der Waals surface area contributed by atoms with E-state index in [1.807, 2.05) is 17.0 Å². The molecule has 2 aromatic carbocycles. The van der Waals surface area contributed by atoms with Crippen LogP contribution in [0, 0.1) is 0 Å². The average molecular weight is 457 g/mol. The Bertz CT molecular complexity index is 1040. The van der Waals surface area contributed by atoms with Gasteiger partial charge < -0.3 is 14.4 Å². The third kappa shape index (κ3) is 3.79. The van der Waals surface area contributed by atoms with E-state index in [0.29, 0.717) is 34.3 Å². The number of esters is 2. The number of carbonyl (C=O) groups is 3. The average Bonchev–Trinajstić information content (AvgIpc) is 3.33. The molecule has 7 nitrogen and oxygen atoms in total. The highest BCUT2D eigenvalue weighted by Crippen LogP contribution is 2.46. The molecule has 1 amide bonds. The summed E-state index contributed by atoms with van der Waals surface area (Å²) in [6.45, 7) is 2.05. The Morgan fingerprint density at radius 3 is 2.29 bits per heavy atom. The molecule has 9 heteroatoms. The van der Waals surface area contributed by atoms with E-state index in [1.54, 1.807) is 55.1 Å². The van der Waals surface area contributed by atoms with Crippen molar-refractivity contribution in [1.29, 1.82) is 0 Å². The van der Waals surface area contributed by atoms with Crippen LogP contribution < -0.4 is 4.90 Å². The molecule has 2 aliphatic heterocycles.